The molecule has 2 amide bonds. The molecule has 2 aliphatic rings. The third kappa shape index (κ3) is 2.37. The maximum Gasteiger partial charge on any atom is 0.304 e. The number of piperazine rings is 1. The van der Waals surface area contributed by atoms with E-state index in [1.165, 1.54) is 0 Å². The molecule has 1 aromatic rings. The zero-order chi connectivity index (χ0) is 14.3. The number of H-pyrrole nitrogens is 1. The van der Waals surface area contributed by atoms with E-state index in [0.29, 0.717) is 18.7 Å². The molecule has 2 fully saturated rings. The van der Waals surface area contributed by atoms with Gasteiger partial charge in [0.15, 0.2) is 0 Å². The first-order valence-corrected chi connectivity index (χ1v) is 7.75. The number of rotatable bonds is 4. The first-order valence-electron chi connectivity index (χ1n) is 6.87. The molecule has 6 nitrogen and oxygen atoms in total. The lowest BCUT2D eigenvalue weighted by Gasteiger charge is -2.38. The van der Waals surface area contributed by atoms with Gasteiger partial charge < -0.3 is 15.2 Å². The van der Waals surface area contributed by atoms with Crippen molar-refractivity contribution in [1.82, 2.24) is 15.2 Å². The van der Waals surface area contributed by atoms with Gasteiger partial charge in [0.25, 0.3) is 0 Å². The van der Waals surface area contributed by atoms with Gasteiger partial charge in [0.2, 0.25) is 11.8 Å². The highest BCUT2D eigenvalue weighted by molar-refractivity contribution is 7.07. The first kappa shape index (κ1) is 13.4. The van der Waals surface area contributed by atoms with Crippen molar-refractivity contribution < 1.29 is 9.59 Å². The van der Waals surface area contributed by atoms with E-state index >= 15 is 0 Å². The lowest BCUT2D eigenvalue weighted by molar-refractivity contribution is -0.150. The number of thiazole rings is 1. The molecular weight excluding hydrogens is 278 g/mol. The molecule has 1 aromatic heterocycles. The molecule has 1 saturated heterocycles. The molecule has 2 atom stereocenters. The predicted molar refractivity (Wildman–Crippen MR) is 74.2 cm³/mol. The van der Waals surface area contributed by atoms with E-state index in [1.807, 2.05) is 6.92 Å². The van der Waals surface area contributed by atoms with Crippen LogP contribution in [0.5, 0.6) is 0 Å². The third-order valence-electron chi connectivity index (χ3n) is 3.92. The fourth-order valence-corrected chi connectivity index (χ4v) is 3.28. The normalized spacial score (nSPS) is 26.8. The second-order valence-corrected chi connectivity index (χ2v) is 6.23. The van der Waals surface area contributed by atoms with Crippen molar-refractivity contribution in [1.29, 1.82) is 0 Å². The maximum absolute atomic E-state index is 12.6. The van der Waals surface area contributed by atoms with Crippen molar-refractivity contribution in [2.75, 3.05) is 0 Å². The summed E-state index contributed by atoms with van der Waals surface area (Å²) in [5.41, 5.74) is 0.691. The summed E-state index contributed by atoms with van der Waals surface area (Å²) >= 11 is 1.07. The molecule has 1 saturated carbocycles. The highest BCUT2D eigenvalue weighted by Crippen LogP contribution is 2.35. The van der Waals surface area contributed by atoms with E-state index in [-0.39, 0.29) is 28.6 Å². The molecule has 1 aliphatic carbocycles. The second-order valence-electron chi connectivity index (χ2n) is 5.39. The largest absolute Gasteiger partial charge is 0.342 e. The van der Waals surface area contributed by atoms with Gasteiger partial charge in [0.1, 0.15) is 12.1 Å². The van der Waals surface area contributed by atoms with Gasteiger partial charge in [-0.2, -0.15) is 0 Å². The highest BCUT2D eigenvalue weighted by atomic mass is 32.1. The molecule has 108 valence electrons. The van der Waals surface area contributed by atoms with Crippen LogP contribution in [-0.2, 0) is 16.1 Å². The zero-order valence-electron chi connectivity index (χ0n) is 11.2. The van der Waals surface area contributed by atoms with Gasteiger partial charge in [-0.1, -0.05) is 18.3 Å². The van der Waals surface area contributed by atoms with E-state index in [4.69, 9.17) is 0 Å². The standard InChI is InChI=1S/C13H17N3O3S/c1-2-9-11(17)15-10(7-3-4-7)12(18)16(9)5-8-6-20-13(19)14-8/h6-7,9-10H,2-5H2,1H3,(H,14,19)(H,15,17). The van der Waals surface area contributed by atoms with Gasteiger partial charge in [-0.25, -0.2) is 0 Å². The molecule has 2 N–H and O–H groups in total. The first-order chi connectivity index (χ1) is 9.60. The van der Waals surface area contributed by atoms with Gasteiger partial charge >= 0.3 is 4.87 Å². The Balaban J connectivity index is 1.84. The fourth-order valence-electron chi connectivity index (χ4n) is 2.70. The molecule has 20 heavy (non-hydrogen) atoms. The monoisotopic (exact) mass is 295 g/mol. The lowest BCUT2D eigenvalue weighted by Crippen LogP contribution is -2.63. The average Bonchev–Trinajstić information content (AvgIpc) is 3.17. The van der Waals surface area contributed by atoms with Gasteiger partial charge in [-0.05, 0) is 25.2 Å². The molecule has 0 bridgehead atoms. The molecule has 1 aliphatic heterocycles. The minimum absolute atomic E-state index is 0.0222. The number of nitrogens with zero attached hydrogens (tertiary/aromatic N) is 1. The molecule has 3 rings (SSSR count). The van der Waals surface area contributed by atoms with Crippen LogP contribution in [0.3, 0.4) is 0 Å². The van der Waals surface area contributed by atoms with Gasteiger partial charge in [0.05, 0.1) is 6.54 Å². The number of hydrogen-bond acceptors (Lipinski definition) is 4. The molecule has 7 heteroatoms. The summed E-state index contributed by atoms with van der Waals surface area (Å²) in [6.45, 7) is 2.19. The topological polar surface area (TPSA) is 82.3 Å². The van der Waals surface area contributed by atoms with Crippen molar-refractivity contribution in [3.8, 4) is 0 Å². The van der Waals surface area contributed by atoms with Gasteiger partial charge in [-0.15, -0.1) is 0 Å². The third-order valence-corrected chi connectivity index (χ3v) is 4.64. The van der Waals surface area contributed by atoms with Crippen molar-refractivity contribution in [2.45, 2.75) is 44.8 Å². The van der Waals surface area contributed by atoms with Crippen molar-refractivity contribution in [3.05, 3.63) is 20.7 Å². The Kier molecular flexibility index (Phi) is 3.37. The van der Waals surface area contributed by atoms with Crippen LogP contribution in [0.4, 0.5) is 0 Å². The van der Waals surface area contributed by atoms with Crippen LogP contribution >= 0.6 is 11.3 Å². The number of amides is 2. The molecule has 0 spiro atoms. The molecule has 2 heterocycles. The Bertz CT molecular complexity index is 590. The SMILES string of the molecule is CCC1C(=O)NC(C2CC2)C(=O)N1Cc1csc(=O)[nH]1. The van der Waals surface area contributed by atoms with E-state index in [0.717, 1.165) is 24.2 Å². The van der Waals surface area contributed by atoms with Crippen molar-refractivity contribution in [3.63, 3.8) is 0 Å². The van der Waals surface area contributed by atoms with E-state index in [1.54, 1.807) is 10.3 Å². The average molecular weight is 295 g/mol. The maximum atomic E-state index is 12.6. The zero-order valence-corrected chi connectivity index (χ0v) is 12.0. The number of aromatic nitrogens is 1. The van der Waals surface area contributed by atoms with Crippen LogP contribution in [0.1, 0.15) is 31.9 Å². The van der Waals surface area contributed by atoms with Crippen LogP contribution in [0.25, 0.3) is 0 Å². The Morgan fingerprint density at radius 3 is 2.65 bits per heavy atom. The summed E-state index contributed by atoms with van der Waals surface area (Å²) in [6, 6.07) is -0.823. The number of nitrogens with one attached hydrogen (secondary N) is 2. The van der Waals surface area contributed by atoms with Crippen LogP contribution in [0.15, 0.2) is 10.2 Å². The minimum atomic E-state index is -0.444. The van der Waals surface area contributed by atoms with E-state index < -0.39 is 6.04 Å². The summed E-state index contributed by atoms with van der Waals surface area (Å²) in [5.74, 6) is 0.181. The minimum Gasteiger partial charge on any atom is -0.342 e. The van der Waals surface area contributed by atoms with Gasteiger partial charge in [-0.3, -0.25) is 14.4 Å². The summed E-state index contributed by atoms with van der Waals surface area (Å²) in [6.07, 6.45) is 2.57. The number of carbonyl (C=O) groups is 2. The predicted octanol–water partition coefficient (Wildman–Crippen LogP) is 0.452. The Morgan fingerprint density at radius 1 is 1.35 bits per heavy atom. The number of hydrogen-bond donors (Lipinski definition) is 2. The van der Waals surface area contributed by atoms with Crippen molar-refractivity contribution >= 4 is 23.2 Å². The van der Waals surface area contributed by atoms with Crippen molar-refractivity contribution in [2.24, 2.45) is 5.92 Å². The molecular formula is C13H17N3O3S. The summed E-state index contributed by atoms with van der Waals surface area (Å²) in [5, 5.41) is 4.56. The van der Waals surface area contributed by atoms with Crippen LogP contribution in [0, 0.1) is 5.92 Å². The Hall–Kier alpha value is -1.63. The van der Waals surface area contributed by atoms with E-state index in [9.17, 15) is 14.4 Å². The van der Waals surface area contributed by atoms with Gasteiger partial charge in [0, 0.05) is 11.1 Å². The summed E-state index contributed by atoms with van der Waals surface area (Å²) < 4.78 is 0. The number of aromatic amines is 1. The van der Waals surface area contributed by atoms with Crippen LogP contribution < -0.4 is 10.2 Å². The molecule has 0 aromatic carbocycles. The highest BCUT2D eigenvalue weighted by Gasteiger charge is 2.46. The van der Waals surface area contributed by atoms with Crippen LogP contribution in [0.2, 0.25) is 0 Å². The van der Waals surface area contributed by atoms with Crippen LogP contribution in [-0.4, -0.2) is 33.8 Å². The molecule has 0 radical (unpaired) electrons. The fraction of sp³-hybridized carbons (Fsp3) is 0.615. The Labute approximate surface area is 120 Å². The summed E-state index contributed by atoms with van der Waals surface area (Å²) in [7, 11) is 0. The molecule has 2 unspecified atom stereocenters. The quantitative estimate of drug-likeness (QED) is 0.846. The summed E-state index contributed by atoms with van der Waals surface area (Å²) in [4.78, 5) is 40.1. The lowest BCUT2D eigenvalue weighted by atomic mass is 10.0. The number of carbonyl (C=O) groups excluding carboxylic acids is 2. The smallest absolute Gasteiger partial charge is 0.304 e. The Morgan fingerprint density at radius 2 is 2.10 bits per heavy atom. The second kappa shape index (κ2) is 5.05. The van der Waals surface area contributed by atoms with E-state index in [2.05, 4.69) is 10.3 Å².